The van der Waals surface area contributed by atoms with Crippen molar-refractivity contribution in [3.8, 4) is 0 Å². The highest BCUT2D eigenvalue weighted by Gasteiger charge is 2.74. The van der Waals surface area contributed by atoms with Crippen molar-refractivity contribution in [2.75, 3.05) is 26.4 Å². The van der Waals surface area contributed by atoms with Gasteiger partial charge in [-0.3, -0.25) is 4.79 Å². The van der Waals surface area contributed by atoms with Crippen LogP contribution < -0.4 is 0 Å². The minimum atomic E-state index is -2.18. The number of hydrogen-bond acceptors (Lipinski definition) is 23. The van der Waals surface area contributed by atoms with Crippen molar-refractivity contribution in [3.05, 3.63) is 23.3 Å². The van der Waals surface area contributed by atoms with Crippen LogP contribution in [0.5, 0.6) is 0 Å². The first-order valence-electron chi connectivity index (χ1n) is 27.7. The molecule has 0 spiro atoms. The van der Waals surface area contributed by atoms with Crippen LogP contribution in [0, 0.1) is 50.2 Å². The Bertz CT molecular complexity index is 2290. The van der Waals surface area contributed by atoms with Crippen molar-refractivity contribution >= 4 is 17.9 Å². The molecule has 79 heavy (non-hydrogen) atoms. The molecule has 0 amide bonds. The van der Waals surface area contributed by atoms with E-state index >= 15 is 0 Å². The van der Waals surface area contributed by atoms with Crippen LogP contribution in [-0.2, 0) is 52.3 Å². The highest BCUT2D eigenvalue weighted by Crippen LogP contribution is 2.76. The Morgan fingerprint density at radius 2 is 1.24 bits per heavy atom. The summed E-state index contributed by atoms with van der Waals surface area (Å²) in [6.45, 7) is 14.1. The molecule has 4 saturated carbocycles. The standard InChI is InChI=1S/C55H86O24/c1-10-23(2)46(71)79-43-44(72-24(3)60)55(22-59)26(17-50(43,4)5)25-11-12-30-51(6)15-14-32(52(7,21-58)29(51)13-16-53(30,8)54(25,9)18-31(55)61)75-49-41(77-48-38(67)36(65)34(63)28(20-57)74-48)39(68)40(42(78-49)45(69)70)76-47-37(66)35(64)33(62)27(19-56)73-47/h10-11,26-44,47-49,56-59,61-68H,12-22H2,1-9H3,(H,69,70)/t26?,27?,28?,29?,30?,31-,32?,33+,34+,35+,36+,37?,38?,39+,40-,41?,42?,43?,44+,47-,48-,49?,51?,52-,53?,54-,55?/m1/s1. The van der Waals surface area contributed by atoms with E-state index in [1.54, 1.807) is 19.9 Å². The molecule has 5 aliphatic carbocycles. The SMILES string of the molecule is CC=C(C)C(=O)OC1[C@H](OC(C)=O)C2(CO)C(CC1(C)C)C1=CCC3C4(C)CCC(OC5OC(C(=O)O)[C@H](O[C@H]6OC(CO)[C@H](O)[C@H](O)C6O)[C@H](O)C5O[C@H]5OC(CO)[C@H](O)[C@H](O)C5O)[C@](C)(CO)C4CCC3(C)[C@]1(C)C[C@H]2O. The Morgan fingerprint density at radius 3 is 1.76 bits per heavy atom. The van der Waals surface area contributed by atoms with Crippen molar-refractivity contribution in [1.82, 2.24) is 0 Å². The maximum atomic E-state index is 13.4. The molecular formula is C55H86O24. The van der Waals surface area contributed by atoms with Gasteiger partial charge in [0.25, 0.3) is 0 Å². The predicted molar refractivity (Wildman–Crippen MR) is 269 cm³/mol. The molecule has 8 aliphatic rings. The monoisotopic (exact) mass is 1130 g/mol. The zero-order valence-corrected chi connectivity index (χ0v) is 46.4. The molecule has 24 heteroatoms. The molecule has 8 rings (SSSR count). The van der Waals surface area contributed by atoms with Gasteiger partial charge in [0.15, 0.2) is 25.0 Å². The number of aliphatic carboxylic acids is 1. The van der Waals surface area contributed by atoms with Gasteiger partial charge in [0.05, 0.1) is 44.1 Å². The molecule has 0 aromatic heterocycles. The van der Waals surface area contributed by atoms with Gasteiger partial charge in [0, 0.05) is 23.3 Å². The van der Waals surface area contributed by atoms with Gasteiger partial charge in [-0.1, -0.05) is 59.3 Å². The van der Waals surface area contributed by atoms with Gasteiger partial charge < -0.3 is 104 Å². The molecule has 0 aromatic rings. The minimum absolute atomic E-state index is 0.0849. The quantitative estimate of drug-likeness (QED) is 0.0415. The minimum Gasteiger partial charge on any atom is -0.479 e. The lowest BCUT2D eigenvalue weighted by atomic mass is 9.33. The largest absolute Gasteiger partial charge is 0.479 e. The summed E-state index contributed by atoms with van der Waals surface area (Å²) in [4.78, 5) is 39.5. The fourth-order valence-electron chi connectivity index (χ4n) is 16.2. The number of carbonyl (C=O) groups is 3. The van der Waals surface area contributed by atoms with Crippen LogP contribution in [0.3, 0.4) is 0 Å². The third kappa shape index (κ3) is 9.94. The Balaban J connectivity index is 1.12. The van der Waals surface area contributed by atoms with Crippen LogP contribution in [0.1, 0.15) is 107 Å². The maximum Gasteiger partial charge on any atom is 0.335 e. The van der Waals surface area contributed by atoms with Gasteiger partial charge in [-0.25, -0.2) is 9.59 Å². The van der Waals surface area contributed by atoms with Gasteiger partial charge in [-0.2, -0.15) is 0 Å². The first-order valence-corrected chi connectivity index (χ1v) is 27.7. The van der Waals surface area contributed by atoms with Crippen molar-refractivity contribution < 1.29 is 119 Å². The summed E-state index contributed by atoms with van der Waals surface area (Å²) in [6, 6.07) is 0. The third-order valence-corrected chi connectivity index (χ3v) is 21.1. The number of carboxylic acids is 1. The molecule has 0 radical (unpaired) electrons. The molecule has 24 nitrogen and oxygen atoms in total. The number of hydrogen-bond donors (Lipinski definition) is 13. The number of carboxylic acid groups (broad SMARTS) is 1. The van der Waals surface area contributed by atoms with Crippen LogP contribution in [-0.4, -0.2) is 227 Å². The third-order valence-electron chi connectivity index (χ3n) is 21.1. The molecule has 15 unspecified atom stereocenters. The fourth-order valence-corrected chi connectivity index (χ4v) is 16.2. The van der Waals surface area contributed by atoms with E-state index in [4.69, 9.17) is 37.9 Å². The van der Waals surface area contributed by atoms with E-state index in [0.717, 1.165) is 5.57 Å². The molecule has 13 N–H and O–H groups in total. The molecule has 3 saturated heterocycles. The van der Waals surface area contributed by atoms with Crippen LogP contribution in [0.4, 0.5) is 0 Å². The number of aliphatic hydroxyl groups excluding tert-OH is 12. The van der Waals surface area contributed by atoms with Gasteiger partial charge in [-0.15, -0.1) is 0 Å². The Hall–Kier alpha value is -2.83. The van der Waals surface area contributed by atoms with Crippen LogP contribution >= 0.6 is 0 Å². The zero-order chi connectivity index (χ0) is 58.4. The average Bonchev–Trinajstić information content (AvgIpc) is 3.25. The van der Waals surface area contributed by atoms with Crippen molar-refractivity contribution in [3.63, 3.8) is 0 Å². The van der Waals surface area contributed by atoms with E-state index in [9.17, 15) is 80.8 Å². The topological polar surface area (TPSA) is 388 Å². The normalized spacial score (nSPS) is 50.6. The Kier molecular flexibility index (Phi) is 17.8. The fraction of sp³-hybridized carbons (Fsp3) is 0.873. The number of fused-ring (bicyclic) bond motifs is 7. The number of esters is 2. The summed E-state index contributed by atoms with van der Waals surface area (Å²) in [6.07, 6.45) is -26.5. The number of aliphatic hydroxyl groups is 12. The van der Waals surface area contributed by atoms with Crippen molar-refractivity contribution in [2.24, 2.45) is 50.2 Å². The summed E-state index contributed by atoms with van der Waals surface area (Å²) in [5.74, 6) is -3.88. The van der Waals surface area contributed by atoms with E-state index in [0.29, 0.717) is 37.7 Å². The highest BCUT2D eigenvalue weighted by molar-refractivity contribution is 5.87. The molecule has 0 aromatic carbocycles. The van der Waals surface area contributed by atoms with Crippen molar-refractivity contribution in [1.29, 1.82) is 0 Å². The van der Waals surface area contributed by atoms with Gasteiger partial charge >= 0.3 is 17.9 Å². The number of ether oxygens (including phenoxy) is 8. The number of rotatable bonds is 14. The second-order valence-corrected chi connectivity index (χ2v) is 25.5. The molecule has 3 aliphatic heterocycles. The summed E-state index contributed by atoms with van der Waals surface area (Å²) in [5, 5.41) is 143. The highest BCUT2D eigenvalue weighted by atomic mass is 16.8. The van der Waals surface area contributed by atoms with Gasteiger partial charge in [0.1, 0.15) is 79.4 Å². The van der Waals surface area contributed by atoms with Crippen LogP contribution in [0.15, 0.2) is 23.3 Å². The van der Waals surface area contributed by atoms with Crippen LogP contribution in [0.2, 0.25) is 0 Å². The Labute approximate surface area is 459 Å². The lowest BCUT2D eigenvalue weighted by Crippen LogP contribution is -2.72. The van der Waals surface area contributed by atoms with E-state index in [-0.39, 0.29) is 24.7 Å². The lowest BCUT2D eigenvalue weighted by molar-refractivity contribution is -0.392. The van der Waals surface area contributed by atoms with E-state index in [1.165, 1.54) is 6.92 Å². The smallest absolute Gasteiger partial charge is 0.335 e. The summed E-state index contributed by atoms with van der Waals surface area (Å²) >= 11 is 0. The summed E-state index contributed by atoms with van der Waals surface area (Å²) in [5.41, 5.74) is -3.78. The van der Waals surface area contributed by atoms with Crippen LogP contribution in [0.25, 0.3) is 0 Å². The predicted octanol–water partition coefficient (Wildman–Crippen LogP) is -1.32. The summed E-state index contributed by atoms with van der Waals surface area (Å²) < 4.78 is 48.2. The van der Waals surface area contributed by atoms with E-state index in [1.807, 2.05) is 20.8 Å². The van der Waals surface area contributed by atoms with Crippen molar-refractivity contribution in [2.45, 2.75) is 224 Å². The van der Waals surface area contributed by atoms with E-state index in [2.05, 4.69) is 26.8 Å². The average molecular weight is 1130 g/mol. The first kappa shape index (κ1) is 62.2. The summed E-state index contributed by atoms with van der Waals surface area (Å²) in [7, 11) is 0. The molecule has 27 atom stereocenters. The second-order valence-electron chi connectivity index (χ2n) is 25.5. The molecule has 0 bridgehead atoms. The Morgan fingerprint density at radius 1 is 0.658 bits per heavy atom. The second kappa shape index (κ2) is 22.6. The lowest BCUT2D eigenvalue weighted by Gasteiger charge is -2.72. The molecule has 450 valence electrons. The first-order chi connectivity index (χ1) is 36.9. The number of carbonyl (C=O) groups excluding carboxylic acids is 2. The van der Waals surface area contributed by atoms with Gasteiger partial charge in [0.2, 0.25) is 0 Å². The maximum absolute atomic E-state index is 13.4. The molecule has 3 heterocycles. The van der Waals surface area contributed by atoms with E-state index < -0.39 is 199 Å². The van der Waals surface area contributed by atoms with Gasteiger partial charge in [-0.05, 0) is 92.8 Å². The number of allylic oxidation sites excluding steroid dienone is 3. The molecular weight excluding hydrogens is 1040 g/mol. The zero-order valence-electron chi connectivity index (χ0n) is 46.4. The molecule has 7 fully saturated rings.